The molecule has 0 saturated heterocycles. The van der Waals surface area contributed by atoms with Crippen molar-refractivity contribution in [1.82, 2.24) is 9.78 Å². The SMILES string of the molecule is COc1ccc(-n2nc(-c3cc(OC)c(OC)c(OC)c3)c(-c3ccc(OC)c(F)c3)c2N)cc1. The van der Waals surface area contributed by atoms with E-state index >= 15 is 0 Å². The van der Waals surface area contributed by atoms with Crippen molar-refractivity contribution in [3.05, 3.63) is 60.4 Å². The fraction of sp³-hybridized carbons (Fsp3) is 0.192. The summed E-state index contributed by atoms with van der Waals surface area (Å²) in [4.78, 5) is 0. The minimum Gasteiger partial charge on any atom is -0.497 e. The Morgan fingerprint density at radius 3 is 1.86 bits per heavy atom. The molecule has 0 amide bonds. The van der Waals surface area contributed by atoms with Gasteiger partial charge in [0.25, 0.3) is 0 Å². The summed E-state index contributed by atoms with van der Waals surface area (Å²) in [5, 5.41) is 4.81. The molecule has 4 aromatic rings. The van der Waals surface area contributed by atoms with Gasteiger partial charge in [-0.3, -0.25) is 0 Å². The van der Waals surface area contributed by atoms with Crippen LogP contribution in [0, 0.1) is 5.82 Å². The Morgan fingerprint density at radius 2 is 1.34 bits per heavy atom. The van der Waals surface area contributed by atoms with Gasteiger partial charge in [0.05, 0.1) is 46.8 Å². The van der Waals surface area contributed by atoms with E-state index in [0.717, 1.165) is 0 Å². The highest BCUT2D eigenvalue weighted by atomic mass is 19.1. The Hall–Kier alpha value is -4.40. The lowest BCUT2D eigenvalue weighted by Gasteiger charge is -2.14. The van der Waals surface area contributed by atoms with Gasteiger partial charge >= 0.3 is 0 Å². The molecule has 3 aromatic carbocycles. The fourth-order valence-electron chi connectivity index (χ4n) is 3.88. The highest BCUT2D eigenvalue weighted by Gasteiger charge is 2.24. The molecular weight excluding hydrogens is 453 g/mol. The Kier molecular flexibility index (Phi) is 6.68. The molecule has 182 valence electrons. The maximum Gasteiger partial charge on any atom is 0.203 e. The molecule has 0 radical (unpaired) electrons. The first kappa shape index (κ1) is 23.7. The van der Waals surface area contributed by atoms with E-state index in [1.165, 1.54) is 34.5 Å². The van der Waals surface area contributed by atoms with E-state index in [4.69, 9.17) is 34.5 Å². The highest BCUT2D eigenvalue weighted by Crippen LogP contribution is 2.45. The number of hydrogen-bond acceptors (Lipinski definition) is 7. The number of benzene rings is 3. The van der Waals surface area contributed by atoms with Gasteiger partial charge in [0, 0.05) is 5.56 Å². The van der Waals surface area contributed by atoms with Crippen molar-refractivity contribution in [1.29, 1.82) is 0 Å². The average Bonchev–Trinajstić information content (AvgIpc) is 3.24. The largest absolute Gasteiger partial charge is 0.497 e. The van der Waals surface area contributed by atoms with E-state index in [2.05, 4.69) is 0 Å². The third-order valence-electron chi connectivity index (χ3n) is 5.62. The van der Waals surface area contributed by atoms with Crippen molar-refractivity contribution < 1.29 is 28.1 Å². The third kappa shape index (κ3) is 4.28. The number of rotatable bonds is 8. The normalized spacial score (nSPS) is 10.7. The second kappa shape index (κ2) is 9.84. The molecule has 0 unspecified atom stereocenters. The van der Waals surface area contributed by atoms with E-state index in [9.17, 15) is 4.39 Å². The summed E-state index contributed by atoms with van der Waals surface area (Å²) in [6.07, 6.45) is 0. The molecule has 0 aliphatic heterocycles. The van der Waals surface area contributed by atoms with Crippen LogP contribution in [0.25, 0.3) is 28.1 Å². The Morgan fingerprint density at radius 1 is 0.714 bits per heavy atom. The molecule has 0 aliphatic carbocycles. The molecule has 0 atom stereocenters. The summed E-state index contributed by atoms with van der Waals surface area (Å²) >= 11 is 0. The predicted octanol–water partition coefficient (Wildman–Crippen LogP) is 4.97. The molecule has 2 N–H and O–H groups in total. The lowest BCUT2D eigenvalue weighted by atomic mass is 9.99. The number of nitrogens with zero attached hydrogens (tertiary/aromatic N) is 2. The Bertz CT molecular complexity index is 1330. The Balaban J connectivity index is 1.99. The van der Waals surface area contributed by atoms with Crippen molar-refractivity contribution in [3.8, 4) is 56.8 Å². The maximum atomic E-state index is 14.7. The van der Waals surface area contributed by atoms with Crippen LogP contribution < -0.4 is 29.4 Å². The molecule has 35 heavy (non-hydrogen) atoms. The minimum absolute atomic E-state index is 0.129. The lowest BCUT2D eigenvalue weighted by molar-refractivity contribution is 0.324. The number of nitrogens with two attached hydrogens (primary N) is 1. The van der Waals surface area contributed by atoms with Crippen molar-refractivity contribution in [3.63, 3.8) is 0 Å². The number of nitrogen functional groups attached to an aromatic ring is 1. The van der Waals surface area contributed by atoms with Gasteiger partial charge in [-0.2, -0.15) is 5.10 Å². The first-order valence-electron chi connectivity index (χ1n) is 10.6. The summed E-state index contributed by atoms with van der Waals surface area (Å²) in [5.74, 6) is 1.97. The fourth-order valence-corrected chi connectivity index (χ4v) is 3.88. The van der Waals surface area contributed by atoms with E-state index in [0.29, 0.717) is 56.9 Å². The van der Waals surface area contributed by atoms with Crippen molar-refractivity contribution in [2.45, 2.75) is 0 Å². The minimum atomic E-state index is -0.516. The molecule has 1 aromatic heterocycles. The van der Waals surface area contributed by atoms with Gasteiger partial charge in [-0.25, -0.2) is 9.07 Å². The van der Waals surface area contributed by atoms with Crippen molar-refractivity contribution in [2.75, 3.05) is 41.3 Å². The number of hydrogen-bond donors (Lipinski definition) is 1. The van der Waals surface area contributed by atoms with E-state index < -0.39 is 5.82 Å². The number of ether oxygens (including phenoxy) is 5. The molecule has 0 bridgehead atoms. The molecular formula is C26H26FN3O5. The second-order valence-electron chi connectivity index (χ2n) is 7.48. The van der Waals surface area contributed by atoms with Gasteiger partial charge in [0.1, 0.15) is 17.3 Å². The molecule has 4 rings (SSSR count). The van der Waals surface area contributed by atoms with Crippen LogP contribution in [-0.2, 0) is 0 Å². The maximum absolute atomic E-state index is 14.7. The molecule has 0 saturated carbocycles. The lowest BCUT2D eigenvalue weighted by Crippen LogP contribution is -2.02. The number of halogens is 1. The van der Waals surface area contributed by atoms with Gasteiger partial charge in [0.15, 0.2) is 23.1 Å². The second-order valence-corrected chi connectivity index (χ2v) is 7.48. The van der Waals surface area contributed by atoms with Crippen LogP contribution in [-0.4, -0.2) is 45.3 Å². The average molecular weight is 480 g/mol. The van der Waals surface area contributed by atoms with Crippen molar-refractivity contribution >= 4 is 5.82 Å². The van der Waals surface area contributed by atoms with Crippen LogP contribution in [0.5, 0.6) is 28.7 Å². The van der Waals surface area contributed by atoms with Crippen LogP contribution in [0.1, 0.15) is 0 Å². The summed E-state index contributed by atoms with van der Waals surface area (Å²) in [7, 11) is 7.60. The van der Waals surface area contributed by atoms with Crippen LogP contribution in [0.2, 0.25) is 0 Å². The summed E-state index contributed by atoms with van der Waals surface area (Å²) in [5.41, 5.74) is 9.54. The van der Waals surface area contributed by atoms with Gasteiger partial charge in [-0.15, -0.1) is 0 Å². The van der Waals surface area contributed by atoms with Crippen LogP contribution in [0.3, 0.4) is 0 Å². The zero-order valence-corrected chi connectivity index (χ0v) is 20.1. The van der Waals surface area contributed by atoms with E-state index in [1.807, 2.05) is 24.3 Å². The third-order valence-corrected chi connectivity index (χ3v) is 5.62. The van der Waals surface area contributed by atoms with E-state index in [1.54, 1.807) is 36.1 Å². The zero-order chi connectivity index (χ0) is 25.1. The number of methoxy groups -OCH3 is 5. The van der Waals surface area contributed by atoms with Gasteiger partial charge in [0.2, 0.25) is 5.75 Å². The highest BCUT2D eigenvalue weighted by molar-refractivity contribution is 5.90. The first-order valence-corrected chi connectivity index (χ1v) is 10.6. The molecule has 0 fully saturated rings. The molecule has 1 heterocycles. The van der Waals surface area contributed by atoms with Gasteiger partial charge in [-0.05, 0) is 54.1 Å². The zero-order valence-electron chi connectivity index (χ0n) is 20.1. The molecule has 0 spiro atoms. The van der Waals surface area contributed by atoms with Gasteiger partial charge in [-0.1, -0.05) is 6.07 Å². The summed E-state index contributed by atoms with van der Waals surface area (Å²) < 4.78 is 43.1. The molecule has 8 nitrogen and oxygen atoms in total. The van der Waals surface area contributed by atoms with E-state index in [-0.39, 0.29) is 5.75 Å². The molecule has 9 heteroatoms. The van der Waals surface area contributed by atoms with Gasteiger partial charge < -0.3 is 29.4 Å². The summed E-state index contributed by atoms with van der Waals surface area (Å²) in [6, 6.07) is 15.5. The van der Waals surface area contributed by atoms with Crippen LogP contribution >= 0.6 is 0 Å². The predicted molar refractivity (Wildman–Crippen MR) is 132 cm³/mol. The first-order chi connectivity index (χ1) is 16.9. The Labute approximate surface area is 202 Å². The number of anilines is 1. The van der Waals surface area contributed by atoms with Crippen LogP contribution in [0.15, 0.2) is 54.6 Å². The monoisotopic (exact) mass is 479 g/mol. The van der Waals surface area contributed by atoms with Crippen LogP contribution in [0.4, 0.5) is 10.2 Å². The quantitative estimate of drug-likeness (QED) is 0.382. The standard InChI is InChI=1S/C26H26FN3O5/c1-31-18-9-7-17(8-10-18)30-26(28)23(15-6-11-20(32-2)19(27)12-15)24(29-30)16-13-21(33-3)25(35-5)22(14-16)34-4/h6-14H,28H2,1-5H3. The smallest absolute Gasteiger partial charge is 0.203 e. The number of aromatic nitrogens is 2. The molecule has 0 aliphatic rings. The van der Waals surface area contributed by atoms with Crippen molar-refractivity contribution in [2.24, 2.45) is 0 Å². The topological polar surface area (TPSA) is 90.0 Å². The summed E-state index contributed by atoms with van der Waals surface area (Å²) in [6.45, 7) is 0.